The molecule has 2 aliphatic rings. The zero-order valence-electron chi connectivity index (χ0n) is 14.4. The molecule has 0 radical (unpaired) electrons. The number of anilines is 1. The highest BCUT2D eigenvalue weighted by atomic mass is 19.1. The molecule has 25 heavy (non-hydrogen) atoms. The standard InChI is InChI=1S/C18H22FN3O3/c1-12-4-3-9-20(10-12)16(23)11-21-17(24)13(2)22(18(21)25)15-7-5-14(19)6-8-15/h5-8,12-13H,3-4,9-11H2,1-2H3/t12-,13+/m1/s1. The average molecular weight is 347 g/mol. The Morgan fingerprint density at radius 2 is 1.88 bits per heavy atom. The van der Waals surface area contributed by atoms with E-state index < -0.39 is 23.8 Å². The minimum absolute atomic E-state index is 0.207. The first kappa shape index (κ1) is 17.4. The summed E-state index contributed by atoms with van der Waals surface area (Å²) in [6.45, 7) is 4.77. The maximum atomic E-state index is 13.1. The van der Waals surface area contributed by atoms with Gasteiger partial charge in [-0.2, -0.15) is 0 Å². The second-order valence-corrected chi connectivity index (χ2v) is 6.82. The highest BCUT2D eigenvalue weighted by Crippen LogP contribution is 2.26. The first-order valence-electron chi connectivity index (χ1n) is 8.56. The number of nitrogens with zero attached hydrogens (tertiary/aromatic N) is 3. The molecule has 0 bridgehead atoms. The van der Waals surface area contributed by atoms with Gasteiger partial charge in [0.1, 0.15) is 18.4 Å². The summed E-state index contributed by atoms with van der Waals surface area (Å²) in [5.41, 5.74) is 0.439. The van der Waals surface area contributed by atoms with Crippen LogP contribution in [0, 0.1) is 11.7 Å². The number of benzene rings is 1. The molecule has 0 N–H and O–H groups in total. The highest BCUT2D eigenvalue weighted by molar-refractivity contribution is 6.15. The van der Waals surface area contributed by atoms with E-state index in [1.165, 1.54) is 29.2 Å². The Balaban J connectivity index is 1.74. The van der Waals surface area contributed by atoms with Crippen LogP contribution >= 0.6 is 0 Å². The Labute approximate surface area is 146 Å². The molecule has 0 aliphatic carbocycles. The van der Waals surface area contributed by atoms with Crippen LogP contribution in [-0.4, -0.2) is 53.3 Å². The Morgan fingerprint density at radius 1 is 1.20 bits per heavy atom. The van der Waals surface area contributed by atoms with Gasteiger partial charge in [-0.3, -0.25) is 19.4 Å². The minimum atomic E-state index is -0.717. The third-order valence-electron chi connectivity index (χ3n) is 4.86. The molecule has 2 aliphatic heterocycles. The van der Waals surface area contributed by atoms with Crippen molar-refractivity contribution in [3.8, 4) is 0 Å². The van der Waals surface area contributed by atoms with E-state index in [-0.39, 0.29) is 12.5 Å². The van der Waals surface area contributed by atoms with Gasteiger partial charge in [0, 0.05) is 18.8 Å². The maximum absolute atomic E-state index is 13.1. The molecule has 0 saturated carbocycles. The van der Waals surface area contributed by atoms with Gasteiger partial charge in [0.25, 0.3) is 5.91 Å². The van der Waals surface area contributed by atoms with Crippen molar-refractivity contribution in [1.82, 2.24) is 9.80 Å². The van der Waals surface area contributed by atoms with E-state index in [0.717, 1.165) is 17.7 Å². The van der Waals surface area contributed by atoms with Gasteiger partial charge in [-0.15, -0.1) is 0 Å². The molecule has 2 heterocycles. The number of imide groups is 1. The van der Waals surface area contributed by atoms with Gasteiger partial charge in [0.15, 0.2) is 0 Å². The summed E-state index contributed by atoms with van der Waals surface area (Å²) in [5.74, 6) is -0.605. The van der Waals surface area contributed by atoms with Crippen molar-refractivity contribution in [2.75, 3.05) is 24.5 Å². The van der Waals surface area contributed by atoms with Crippen molar-refractivity contribution in [2.45, 2.75) is 32.7 Å². The molecular weight excluding hydrogens is 325 g/mol. The van der Waals surface area contributed by atoms with Crippen LogP contribution in [0.5, 0.6) is 0 Å². The average Bonchev–Trinajstić information content (AvgIpc) is 2.79. The molecule has 4 amide bonds. The number of likely N-dealkylation sites (tertiary alicyclic amines) is 1. The largest absolute Gasteiger partial charge is 0.341 e. The number of rotatable bonds is 3. The highest BCUT2D eigenvalue weighted by Gasteiger charge is 2.44. The quantitative estimate of drug-likeness (QED) is 0.788. The van der Waals surface area contributed by atoms with Crippen molar-refractivity contribution in [3.63, 3.8) is 0 Å². The molecule has 0 spiro atoms. The summed E-state index contributed by atoms with van der Waals surface area (Å²) in [6.07, 6.45) is 2.02. The molecule has 134 valence electrons. The molecule has 6 nitrogen and oxygen atoms in total. The fourth-order valence-corrected chi connectivity index (χ4v) is 3.46. The fraction of sp³-hybridized carbons (Fsp3) is 0.500. The number of hydrogen-bond acceptors (Lipinski definition) is 3. The number of halogens is 1. The Kier molecular flexibility index (Phi) is 4.74. The van der Waals surface area contributed by atoms with Crippen LogP contribution in [-0.2, 0) is 9.59 Å². The molecule has 2 fully saturated rings. The summed E-state index contributed by atoms with van der Waals surface area (Å²) in [7, 11) is 0. The number of carbonyl (C=O) groups is 3. The summed E-state index contributed by atoms with van der Waals surface area (Å²) >= 11 is 0. The normalized spacial score (nSPS) is 24.2. The van der Waals surface area contributed by atoms with Gasteiger partial charge in [-0.1, -0.05) is 6.92 Å². The zero-order valence-corrected chi connectivity index (χ0v) is 14.4. The smallest absolute Gasteiger partial charge is 0.332 e. The van der Waals surface area contributed by atoms with E-state index >= 15 is 0 Å². The first-order valence-corrected chi connectivity index (χ1v) is 8.56. The molecule has 1 aromatic rings. The number of urea groups is 1. The van der Waals surface area contributed by atoms with Crippen molar-refractivity contribution < 1.29 is 18.8 Å². The van der Waals surface area contributed by atoms with Crippen LogP contribution in [0.2, 0.25) is 0 Å². The lowest BCUT2D eigenvalue weighted by Crippen LogP contribution is -2.46. The zero-order chi connectivity index (χ0) is 18.1. The Hall–Kier alpha value is -2.44. The van der Waals surface area contributed by atoms with Crippen molar-refractivity contribution in [3.05, 3.63) is 30.1 Å². The second kappa shape index (κ2) is 6.82. The second-order valence-electron chi connectivity index (χ2n) is 6.82. The molecule has 0 unspecified atom stereocenters. The van der Waals surface area contributed by atoms with E-state index in [9.17, 15) is 18.8 Å². The van der Waals surface area contributed by atoms with Crippen molar-refractivity contribution >= 4 is 23.5 Å². The number of piperidine rings is 1. The maximum Gasteiger partial charge on any atom is 0.332 e. The van der Waals surface area contributed by atoms with Crippen molar-refractivity contribution in [2.24, 2.45) is 5.92 Å². The van der Waals surface area contributed by atoms with E-state index in [4.69, 9.17) is 0 Å². The molecule has 0 aromatic heterocycles. The van der Waals surface area contributed by atoms with E-state index in [1.54, 1.807) is 11.8 Å². The van der Waals surface area contributed by atoms with Gasteiger partial charge >= 0.3 is 6.03 Å². The predicted molar refractivity (Wildman–Crippen MR) is 90.4 cm³/mol. The third-order valence-corrected chi connectivity index (χ3v) is 4.86. The lowest BCUT2D eigenvalue weighted by molar-refractivity contribution is -0.138. The van der Waals surface area contributed by atoms with Crippen LogP contribution in [0.25, 0.3) is 0 Å². The molecule has 2 atom stereocenters. The summed E-state index contributed by atoms with van der Waals surface area (Å²) in [6, 6.07) is 4.13. The number of amides is 4. The van der Waals surface area contributed by atoms with Crippen LogP contribution in [0.3, 0.4) is 0 Å². The van der Waals surface area contributed by atoms with Gasteiger partial charge in [0.2, 0.25) is 5.91 Å². The summed E-state index contributed by atoms with van der Waals surface area (Å²) in [4.78, 5) is 41.6. The number of hydrogen-bond donors (Lipinski definition) is 0. The van der Waals surface area contributed by atoms with Crippen LogP contribution in [0.4, 0.5) is 14.9 Å². The predicted octanol–water partition coefficient (Wildman–Crippen LogP) is 2.24. The van der Waals surface area contributed by atoms with Crippen LogP contribution in [0.15, 0.2) is 24.3 Å². The van der Waals surface area contributed by atoms with E-state index in [1.807, 2.05) is 0 Å². The lowest BCUT2D eigenvalue weighted by Gasteiger charge is -2.31. The Morgan fingerprint density at radius 3 is 2.52 bits per heavy atom. The minimum Gasteiger partial charge on any atom is -0.341 e. The first-order chi connectivity index (χ1) is 11.9. The van der Waals surface area contributed by atoms with E-state index in [2.05, 4.69) is 6.92 Å². The lowest BCUT2D eigenvalue weighted by atomic mass is 10.0. The van der Waals surface area contributed by atoms with Crippen LogP contribution < -0.4 is 4.90 Å². The molecular formula is C18H22FN3O3. The van der Waals surface area contributed by atoms with Gasteiger partial charge < -0.3 is 4.90 Å². The van der Waals surface area contributed by atoms with Gasteiger partial charge in [-0.25, -0.2) is 9.18 Å². The molecule has 3 rings (SSSR count). The molecule has 1 aromatic carbocycles. The van der Waals surface area contributed by atoms with Crippen LogP contribution in [0.1, 0.15) is 26.7 Å². The van der Waals surface area contributed by atoms with Gasteiger partial charge in [0.05, 0.1) is 0 Å². The molecule has 7 heteroatoms. The fourth-order valence-electron chi connectivity index (χ4n) is 3.46. The monoisotopic (exact) mass is 347 g/mol. The topological polar surface area (TPSA) is 60.9 Å². The van der Waals surface area contributed by atoms with E-state index in [0.29, 0.717) is 24.7 Å². The SMILES string of the molecule is C[C@@H]1CCCN(C(=O)CN2C(=O)[C@H](C)N(c3ccc(F)cc3)C2=O)C1. The Bertz CT molecular complexity index is 691. The number of carbonyl (C=O) groups excluding carboxylic acids is 3. The van der Waals surface area contributed by atoms with Gasteiger partial charge in [-0.05, 0) is 49.9 Å². The van der Waals surface area contributed by atoms with Crippen molar-refractivity contribution in [1.29, 1.82) is 0 Å². The third kappa shape index (κ3) is 3.36. The summed E-state index contributed by atoms with van der Waals surface area (Å²) in [5, 5.41) is 0. The molecule has 2 saturated heterocycles. The summed E-state index contributed by atoms with van der Waals surface area (Å²) < 4.78 is 13.1.